The summed E-state index contributed by atoms with van der Waals surface area (Å²) in [6.07, 6.45) is 0. The highest BCUT2D eigenvalue weighted by Crippen LogP contribution is 2.06. The van der Waals surface area contributed by atoms with Crippen LogP contribution in [0.3, 0.4) is 0 Å². The topological polar surface area (TPSA) is 38.0 Å². The van der Waals surface area contributed by atoms with Gasteiger partial charge < -0.3 is 0 Å². The summed E-state index contributed by atoms with van der Waals surface area (Å²) in [5, 5.41) is 0. The molecule has 0 saturated heterocycles. The van der Waals surface area contributed by atoms with Crippen molar-refractivity contribution in [3.63, 3.8) is 0 Å². The molecule has 1 aromatic rings. The van der Waals surface area contributed by atoms with Crippen LogP contribution in [0.4, 0.5) is 8.78 Å². The highest BCUT2D eigenvalue weighted by molar-refractivity contribution is 5.85. The molecule has 6 heteroatoms. The van der Waals surface area contributed by atoms with Gasteiger partial charge in [-0.1, -0.05) is 0 Å². The van der Waals surface area contributed by atoms with Gasteiger partial charge in [0.25, 0.3) is 0 Å². The fourth-order valence-electron chi connectivity index (χ4n) is 0.831. The molecular weight excluding hydrogens is 221 g/mol. The second kappa shape index (κ2) is 7.03. The Labute approximate surface area is 87.3 Å². The number of benzene rings is 1. The molecule has 0 radical (unpaired) electrons. The second-order valence-electron chi connectivity index (χ2n) is 2.16. The van der Waals surface area contributed by atoms with E-state index in [1.54, 1.807) is 0 Å². The zero-order valence-electron chi connectivity index (χ0n) is 6.59. The van der Waals surface area contributed by atoms with E-state index in [4.69, 9.17) is 5.84 Å². The molecule has 0 aromatic heterocycles. The Morgan fingerprint density at radius 2 is 1.54 bits per heavy atom. The van der Waals surface area contributed by atoms with Gasteiger partial charge in [0.05, 0.1) is 0 Å². The highest BCUT2D eigenvalue weighted by Gasteiger charge is 1.98. The third-order valence-electron chi connectivity index (χ3n) is 1.23. The van der Waals surface area contributed by atoms with Gasteiger partial charge in [-0.05, 0) is 17.7 Å². The fourth-order valence-corrected chi connectivity index (χ4v) is 0.831. The van der Waals surface area contributed by atoms with E-state index >= 15 is 0 Å². The zero-order valence-corrected chi connectivity index (χ0v) is 8.22. The number of hydrogen-bond donors (Lipinski definition) is 2. The molecule has 1 aromatic carbocycles. The average molecular weight is 231 g/mol. The van der Waals surface area contributed by atoms with Crippen LogP contribution in [0.15, 0.2) is 18.2 Å². The minimum Gasteiger partial charge on any atom is -0.271 e. The van der Waals surface area contributed by atoms with Crippen molar-refractivity contribution in [2.45, 2.75) is 6.54 Å². The maximum absolute atomic E-state index is 12.4. The van der Waals surface area contributed by atoms with E-state index in [1.807, 2.05) is 0 Å². The second-order valence-corrected chi connectivity index (χ2v) is 2.16. The minimum atomic E-state index is -0.588. The van der Waals surface area contributed by atoms with Crippen LogP contribution in [0.5, 0.6) is 0 Å². The normalized spacial score (nSPS) is 8.54. The van der Waals surface area contributed by atoms with Gasteiger partial charge in [-0.3, -0.25) is 11.3 Å². The van der Waals surface area contributed by atoms with Crippen LogP contribution < -0.4 is 11.3 Å². The van der Waals surface area contributed by atoms with Crippen LogP contribution in [0.1, 0.15) is 5.56 Å². The van der Waals surface area contributed by atoms with Crippen molar-refractivity contribution >= 4 is 24.8 Å². The third-order valence-corrected chi connectivity index (χ3v) is 1.23. The molecule has 0 bridgehead atoms. The first kappa shape index (κ1) is 15.1. The number of hydrogen-bond acceptors (Lipinski definition) is 2. The van der Waals surface area contributed by atoms with Crippen molar-refractivity contribution in [1.82, 2.24) is 5.43 Å². The van der Waals surface area contributed by atoms with Gasteiger partial charge >= 0.3 is 0 Å². The first-order valence-corrected chi connectivity index (χ1v) is 3.11. The van der Waals surface area contributed by atoms with Crippen molar-refractivity contribution in [2.75, 3.05) is 0 Å². The van der Waals surface area contributed by atoms with Gasteiger partial charge in [0, 0.05) is 12.6 Å². The van der Waals surface area contributed by atoms with Crippen molar-refractivity contribution in [3.05, 3.63) is 35.4 Å². The molecule has 0 spiro atoms. The number of halogens is 4. The van der Waals surface area contributed by atoms with E-state index < -0.39 is 11.6 Å². The molecule has 76 valence electrons. The molecule has 0 heterocycles. The number of nitrogens with one attached hydrogen (secondary N) is 1. The molecule has 13 heavy (non-hydrogen) atoms. The lowest BCUT2D eigenvalue weighted by atomic mass is 10.2. The van der Waals surface area contributed by atoms with E-state index in [1.165, 1.54) is 12.1 Å². The summed E-state index contributed by atoms with van der Waals surface area (Å²) >= 11 is 0. The lowest BCUT2D eigenvalue weighted by molar-refractivity contribution is 0.576. The average Bonchev–Trinajstić information content (AvgIpc) is 1.85. The SMILES string of the molecule is Cl.Cl.NNCc1cc(F)cc(F)c1. The largest absolute Gasteiger partial charge is 0.271 e. The molecular formula is C7H10Cl2F2N2. The Balaban J connectivity index is 0. The first-order valence-electron chi connectivity index (χ1n) is 3.11. The van der Waals surface area contributed by atoms with E-state index in [0.717, 1.165) is 6.07 Å². The molecule has 0 saturated carbocycles. The van der Waals surface area contributed by atoms with Gasteiger partial charge in [0.15, 0.2) is 0 Å². The lowest BCUT2D eigenvalue weighted by Gasteiger charge is -1.99. The monoisotopic (exact) mass is 230 g/mol. The number of nitrogens with two attached hydrogens (primary N) is 1. The molecule has 0 atom stereocenters. The Bertz CT molecular complexity index is 238. The van der Waals surface area contributed by atoms with Crippen molar-refractivity contribution in [3.8, 4) is 0 Å². The molecule has 0 fully saturated rings. The summed E-state index contributed by atoms with van der Waals surface area (Å²) in [5.41, 5.74) is 2.80. The molecule has 1 rings (SSSR count). The Hall–Kier alpha value is -0.420. The van der Waals surface area contributed by atoms with Crippen molar-refractivity contribution in [1.29, 1.82) is 0 Å². The van der Waals surface area contributed by atoms with E-state index in [-0.39, 0.29) is 31.4 Å². The predicted molar refractivity (Wildman–Crippen MR) is 51.9 cm³/mol. The molecule has 3 N–H and O–H groups in total. The summed E-state index contributed by atoms with van der Waals surface area (Å²) in [6.45, 7) is 0.259. The molecule has 2 nitrogen and oxygen atoms in total. The van der Waals surface area contributed by atoms with Crippen molar-refractivity contribution < 1.29 is 8.78 Å². The van der Waals surface area contributed by atoms with Crippen LogP contribution in [-0.4, -0.2) is 0 Å². The van der Waals surface area contributed by atoms with Crippen LogP contribution in [-0.2, 0) is 6.54 Å². The summed E-state index contributed by atoms with van der Waals surface area (Å²) in [5.74, 6) is 3.79. The summed E-state index contributed by atoms with van der Waals surface area (Å²) in [6, 6.07) is 3.27. The third kappa shape index (κ3) is 5.00. The van der Waals surface area contributed by atoms with Crippen molar-refractivity contribution in [2.24, 2.45) is 5.84 Å². The van der Waals surface area contributed by atoms with Gasteiger partial charge in [-0.2, -0.15) is 0 Å². The van der Waals surface area contributed by atoms with Gasteiger partial charge in [-0.15, -0.1) is 24.8 Å². The number of hydrazine groups is 1. The zero-order chi connectivity index (χ0) is 8.27. The Kier molecular flexibility index (Phi) is 8.15. The standard InChI is InChI=1S/C7H8F2N2.2ClH/c8-6-1-5(4-11-10)2-7(9)3-6;;/h1-3,11H,4,10H2;2*1H. The summed E-state index contributed by atoms with van der Waals surface area (Å²) < 4.78 is 24.9. The van der Waals surface area contributed by atoms with Crippen LogP contribution in [0, 0.1) is 11.6 Å². The first-order chi connectivity index (χ1) is 5.22. The molecule has 0 unspecified atom stereocenters. The Morgan fingerprint density at radius 1 is 1.08 bits per heavy atom. The van der Waals surface area contributed by atoms with E-state index in [2.05, 4.69) is 5.43 Å². The smallest absolute Gasteiger partial charge is 0.126 e. The highest BCUT2D eigenvalue weighted by atomic mass is 35.5. The molecule has 0 aliphatic rings. The fraction of sp³-hybridized carbons (Fsp3) is 0.143. The van der Waals surface area contributed by atoms with Gasteiger partial charge in [0.2, 0.25) is 0 Å². The molecule has 0 amide bonds. The van der Waals surface area contributed by atoms with E-state index in [9.17, 15) is 8.78 Å². The molecule has 0 aliphatic carbocycles. The lowest BCUT2D eigenvalue weighted by Crippen LogP contribution is -2.20. The quantitative estimate of drug-likeness (QED) is 0.601. The Morgan fingerprint density at radius 3 is 1.92 bits per heavy atom. The summed E-state index contributed by atoms with van der Waals surface area (Å²) in [7, 11) is 0. The van der Waals surface area contributed by atoms with Crippen LogP contribution >= 0.6 is 24.8 Å². The minimum absolute atomic E-state index is 0. The van der Waals surface area contributed by atoms with Gasteiger partial charge in [0.1, 0.15) is 11.6 Å². The summed E-state index contributed by atoms with van der Waals surface area (Å²) in [4.78, 5) is 0. The predicted octanol–water partition coefficient (Wildman–Crippen LogP) is 1.77. The van der Waals surface area contributed by atoms with E-state index in [0.29, 0.717) is 5.56 Å². The number of rotatable bonds is 2. The van der Waals surface area contributed by atoms with Gasteiger partial charge in [-0.25, -0.2) is 8.78 Å². The molecule has 0 aliphatic heterocycles. The van der Waals surface area contributed by atoms with Crippen LogP contribution in [0.25, 0.3) is 0 Å². The maximum atomic E-state index is 12.4. The maximum Gasteiger partial charge on any atom is 0.126 e. The van der Waals surface area contributed by atoms with Crippen LogP contribution in [0.2, 0.25) is 0 Å².